The second-order valence-electron chi connectivity index (χ2n) is 7.11. The van der Waals surface area contributed by atoms with Gasteiger partial charge in [0, 0.05) is 43.9 Å². The van der Waals surface area contributed by atoms with Crippen molar-refractivity contribution in [2.75, 3.05) is 6.54 Å². The van der Waals surface area contributed by atoms with E-state index < -0.39 is 5.63 Å². The zero-order valence-electron chi connectivity index (χ0n) is 15.3. The number of hydrogen-bond acceptors (Lipinski definition) is 4. The van der Waals surface area contributed by atoms with Crippen LogP contribution < -0.4 is 11.2 Å². The molecule has 2 aromatic heterocycles. The Morgan fingerprint density at radius 3 is 2.78 bits per heavy atom. The van der Waals surface area contributed by atoms with E-state index in [1.165, 1.54) is 10.6 Å². The highest BCUT2D eigenvalue weighted by Crippen LogP contribution is 2.22. The van der Waals surface area contributed by atoms with Crippen LogP contribution in [0.2, 0.25) is 0 Å². The van der Waals surface area contributed by atoms with Gasteiger partial charge in [-0.1, -0.05) is 12.1 Å². The van der Waals surface area contributed by atoms with E-state index in [2.05, 4.69) is 0 Å². The lowest BCUT2D eigenvalue weighted by Gasteiger charge is -2.29. The third kappa shape index (κ3) is 3.30. The summed E-state index contributed by atoms with van der Waals surface area (Å²) in [6.45, 7) is 2.97. The van der Waals surface area contributed by atoms with Crippen molar-refractivity contribution in [3.8, 4) is 0 Å². The van der Waals surface area contributed by atoms with Gasteiger partial charge in [0.2, 0.25) is 5.91 Å². The number of fused-ring (bicyclic) bond motifs is 2. The molecule has 0 spiro atoms. The molecule has 0 atom stereocenters. The molecular weight excluding hydrogens is 344 g/mol. The van der Waals surface area contributed by atoms with Crippen LogP contribution in [0.1, 0.15) is 22.3 Å². The van der Waals surface area contributed by atoms with Crippen molar-refractivity contribution in [1.29, 1.82) is 0 Å². The van der Waals surface area contributed by atoms with Gasteiger partial charge in [0.15, 0.2) is 0 Å². The number of carbonyl (C=O) groups excluding carboxylic acids is 1. The predicted octanol–water partition coefficient (Wildman–Crippen LogP) is 1.93. The number of nitrogens with zero attached hydrogens (tertiary/aromatic N) is 2. The first-order chi connectivity index (χ1) is 12.9. The number of benzene rings is 1. The number of carbonyl (C=O) groups is 1. The normalized spacial score (nSPS) is 13.6. The lowest BCUT2D eigenvalue weighted by molar-refractivity contribution is -0.131. The zero-order valence-corrected chi connectivity index (χ0v) is 15.3. The Bertz CT molecular complexity index is 1170. The van der Waals surface area contributed by atoms with Crippen LogP contribution >= 0.6 is 0 Å². The fourth-order valence-corrected chi connectivity index (χ4v) is 3.61. The first-order valence-electron chi connectivity index (χ1n) is 8.90. The molecule has 6 heteroatoms. The van der Waals surface area contributed by atoms with Crippen molar-refractivity contribution >= 4 is 16.9 Å². The first-order valence-corrected chi connectivity index (χ1v) is 8.90. The molecular formula is C21H20N2O4. The van der Waals surface area contributed by atoms with Crippen molar-refractivity contribution in [2.24, 2.45) is 7.05 Å². The van der Waals surface area contributed by atoms with Gasteiger partial charge in [-0.2, -0.15) is 0 Å². The van der Waals surface area contributed by atoms with Crippen LogP contribution in [-0.4, -0.2) is 21.9 Å². The third-order valence-corrected chi connectivity index (χ3v) is 5.10. The monoisotopic (exact) mass is 364 g/mol. The van der Waals surface area contributed by atoms with Gasteiger partial charge in [-0.15, -0.1) is 0 Å². The van der Waals surface area contributed by atoms with Crippen LogP contribution in [0, 0.1) is 6.92 Å². The van der Waals surface area contributed by atoms with Crippen LogP contribution in [0.25, 0.3) is 11.0 Å². The molecule has 1 amide bonds. The minimum Gasteiger partial charge on any atom is -0.423 e. The Kier molecular flexibility index (Phi) is 4.18. The van der Waals surface area contributed by atoms with Crippen LogP contribution in [-0.2, 0) is 31.2 Å². The van der Waals surface area contributed by atoms with Gasteiger partial charge in [0.05, 0.1) is 6.42 Å². The quantitative estimate of drug-likeness (QED) is 0.652. The minimum atomic E-state index is -0.449. The average Bonchev–Trinajstić information content (AvgIpc) is 2.61. The predicted molar refractivity (Wildman–Crippen MR) is 102 cm³/mol. The topological polar surface area (TPSA) is 72.5 Å². The molecule has 0 bridgehead atoms. The van der Waals surface area contributed by atoms with Crippen molar-refractivity contribution < 1.29 is 9.21 Å². The summed E-state index contributed by atoms with van der Waals surface area (Å²) >= 11 is 0. The number of pyridine rings is 1. The first kappa shape index (κ1) is 17.3. The van der Waals surface area contributed by atoms with Crippen LogP contribution in [0.5, 0.6) is 0 Å². The maximum atomic E-state index is 12.9. The molecule has 0 unspecified atom stereocenters. The van der Waals surface area contributed by atoms with E-state index in [4.69, 9.17) is 4.42 Å². The summed E-state index contributed by atoms with van der Waals surface area (Å²) in [4.78, 5) is 38.3. The van der Waals surface area contributed by atoms with E-state index in [1.54, 1.807) is 24.2 Å². The third-order valence-electron chi connectivity index (χ3n) is 5.10. The Morgan fingerprint density at radius 1 is 1.15 bits per heavy atom. The van der Waals surface area contributed by atoms with Crippen molar-refractivity contribution in [3.63, 3.8) is 0 Å². The molecule has 27 heavy (non-hydrogen) atoms. The van der Waals surface area contributed by atoms with Crippen molar-refractivity contribution in [1.82, 2.24) is 9.47 Å². The van der Waals surface area contributed by atoms with E-state index >= 15 is 0 Å². The standard InChI is InChI=1S/C21H20N2O4/c1-13-3-4-17-15(10-21(26)27-18(17)7-13)9-20(25)23-6-5-14-8-19(24)22(2)11-16(14)12-23/h3-4,7-8,10-11H,5-6,9,12H2,1-2H3. The Hall–Kier alpha value is -3.15. The molecule has 1 aliphatic heterocycles. The summed E-state index contributed by atoms with van der Waals surface area (Å²) in [5.41, 5.74) is 3.68. The van der Waals surface area contributed by atoms with E-state index in [0.717, 1.165) is 22.1 Å². The molecule has 0 saturated heterocycles. The molecule has 0 saturated carbocycles. The van der Waals surface area contributed by atoms with E-state index in [0.29, 0.717) is 30.7 Å². The van der Waals surface area contributed by atoms with Gasteiger partial charge in [0.25, 0.3) is 5.56 Å². The minimum absolute atomic E-state index is 0.0358. The maximum absolute atomic E-state index is 12.9. The molecule has 1 aliphatic rings. The second kappa shape index (κ2) is 6.54. The summed E-state index contributed by atoms with van der Waals surface area (Å²) in [5.74, 6) is -0.0398. The summed E-state index contributed by atoms with van der Waals surface area (Å²) in [5, 5.41) is 0.786. The van der Waals surface area contributed by atoms with Gasteiger partial charge in [-0.3, -0.25) is 9.59 Å². The van der Waals surface area contributed by atoms with E-state index in [9.17, 15) is 14.4 Å². The zero-order chi connectivity index (χ0) is 19.1. The molecule has 3 heterocycles. The van der Waals surface area contributed by atoms with Crippen LogP contribution in [0.3, 0.4) is 0 Å². The number of aryl methyl sites for hydroxylation is 2. The molecule has 0 fully saturated rings. The summed E-state index contributed by atoms with van der Waals surface area (Å²) < 4.78 is 6.80. The summed E-state index contributed by atoms with van der Waals surface area (Å²) in [6.07, 6.45) is 2.60. The van der Waals surface area contributed by atoms with Crippen LogP contribution in [0.4, 0.5) is 0 Å². The van der Waals surface area contributed by atoms with E-state index in [1.807, 2.05) is 25.1 Å². The highest BCUT2D eigenvalue weighted by Gasteiger charge is 2.22. The smallest absolute Gasteiger partial charge is 0.336 e. The van der Waals surface area contributed by atoms with Gasteiger partial charge in [-0.25, -0.2) is 4.79 Å². The highest BCUT2D eigenvalue weighted by molar-refractivity contribution is 5.87. The highest BCUT2D eigenvalue weighted by atomic mass is 16.4. The lowest BCUT2D eigenvalue weighted by Crippen LogP contribution is -2.38. The number of amides is 1. The van der Waals surface area contributed by atoms with Gasteiger partial charge >= 0.3 is 5.63 Å². The largest absolute Gasteiger partial charge is 0.423 e. The van der Waals surface area contributed by atoms with Crippen molar-refractivity contribution in [2.45, 2.75) is 26.3 Å². The molecule has 6 nitrogen and oxygen atoms in total. The summed E-state index contributed by atoms with van der Waals surface area (Å²) in [6, 6.07) is 8.68. The van der Waals surface area contributed by atoms with Crippen molar-refractivity contribution in [3.05, 3.63) is 79.6 Å². The Labute approximate surface area is 155 Å². The summed E-state index contributed by atoms with van der Waals surface area (Å²) in [7, 11) is 1.71. The molecule has 1 aromatic carbocycles. The van der Waals surface area contributed by atoms with Gasteiger partial charge < -0.3 is 13.9 Å². The Morgan fingerprint density at radius 2 is 1.96 bits per heavy atom. The van der Waals surface area contributed by atoms with E-state index in [-0.39, 0.29) is 17.9 Å². The van der Waals surface area contributed by atoms with Gasteiger partial charge in [0.1, 0.15) is 5.58 Å². The fourth-order valence-electron chi connectivity index (χ4n) is 3.61. The molecule has 138 valence electrons. The maximum Gasteiger partial charge on any atom is 0.336 e. The number of rotatable bonds is 2. The lowest BCUT2D eigenvalue weighted by atomic mass is 10.0. The Balaban J connectivity index is 1.61. The molecule has 3 aromatic rings. The molecule has 0 aliphatic carbocycles. The number of hydrogen-bond donors (Lipinski definition) is 0. The number of aromatic nitrogens is 1. The fraction of sp³-hybridized carbons (Fsp3) is 0.286. The van der Waals surface area contributed by atoms with Gasteiger partial charge in [-0.05, 0) is 41.7 Å². The second-order valence-corrected chi connectivity index (χ2v) is 7.11. The molecule has 4 rings (SSSR count). The molecule has 0 radical (unpaired) electrons. The molecule has 0 N–H and O–H groups in total. The average molecular weight is 364 g/mol. The SMILES string of the molecule is Cc1ccc2c(CC(=O)N3CCc4cc(=O)n(C)cc4C3)cc(=O)oc2c1. The van der Waals surface area contributed by atoms with Crippen LogP contribution in [0.15, 0.2) is 50.5 Å².